The van der Waals surface area contributed by atoms with Gasteiger partial charge in [-0.05, 0) is 13.3 Å². The highest BCUT2D eigenvalue weighted by Gasteiger charge is 2.26. The number of unbranched alkanes of at least 4 members (excludes halogenated alkanes) is 4. The molecule has 0 saturated heterocycles. The van der Waals surface area contributed by atoms with E-state index < -0.39 is 29.9 Å². The molecular weight excluding hydrogens is 314 g/mol. The van der Waals surface area contributed by atoms with Crippen molar-refractivity contribution in [2.75, 3.05) is 7.11 Å². The molecule has 0 radical (unpaired) electrons. The minimum atomic E-state index is -1.10. The van der Waals surface area contributed by atoms with Gasteiger partial charge in [0.1, 0.15) is 12.1 Å². The standard InChI is InChI=1S/C16H29N3O5/c1-4-5-6-7-8-9-14(21)19-12(10-13(17)20)15(22)18-11(2)16(23)24-3/h11-12H,4-10H2,1-3H3,(H2,17,20)(H,18,22)(H,19,21). The van der Waals surface area contributed by atoms with Gasteiger partial charge in [-0.3, -0.25) is 14.4 Å². The molecule has 3 amide bonds. The molecule has 0 bridgehead atoms. The molecule has 2 atom stereocenters. The molecular formula is C16H29N3O5. The molecule has 0 aliphatic carbocycles. The van der Waals surface area contributed by atoms with Crippen molar-refractivity contribution < 1.29 is 23.9 Å². The predicted molar refractivity (Wildman–Crippen MR) is 88.7 cm³/mol. The summed E-state index contributed by atoms with van der Waals surface area (Å²) in [5.41, 5.74) is 5.12. The van der Waals surface area contributed by atoms with Gasteiger partial charge < -0.3 is 21.1 Å². The van der Waals surface area contributed by atoms with E-state index in [9.17, 15) is 19.2 Å². The second-order valence-electron chi connectivity index (χ2n) is 5.71. The van der Waals surface area contributed by atoms with Gasteiger partial charge in [0.25, 0.3) is 0 Å². The van der Waals surface area contributed by atoms with Gasteiger partial charge in [0.15, 0.2) is 0 Å². The maximum Gasteiger partial charge on any atom is 0.328 e. The molecule has 0 aromatic rings. The molecule has 138 valence electrons. The van der Waals surface area contributed by atoms with Gasteiger partial charge in [-0.2, -0.15) is 0 Å². The molecule has 0 aliphatic heterocycles. The number of nitrogens with two attached hydrogens (primary N) is 1. The molecule has 0 spiro atoms. The maximum atomic E-state index is 12.1. The van der Waals surface area contributed by atoms with Crippen molar-refractivity contribution in [3.63, 3.8) is 0 Å². The average Bonchev–Trinajstić information content (AvgIpc) is 2.52. The van der Waals surface area contributed by atoms with Crippen LogP contribution in [0.2, 0.25) is 0 Å². The molecule has 0 aromatic heterocycles. The first kappa shape index (κ1) is 21.9. The Balaban J connectivity index is 4.48. The van der Waals surface area contributed by atoms with Gasteiger partial charge in [-0.15, -0.1) is 0 Å². The van der Waals surface area contributed by atoms with E-state index in [1.807, 2.05) is 0 Å². The fourth-order valence-electron chi connectivity index (χ4n) is 2.12. The number of rotatable bonds is 12. The number of carbonyl (C=O) groups is 4. The number of ether oxygens (including phenoxy) is 1. The topological polar surface area (TPSA) is 128 Å². The summed E-state index contributed by atoms with van der Waals surface area (Å²) in [6.45, 7) is 3.55. The van der Waals surface area contributed by atoms with Crippen molar-refractivity contribution in [3.05, 3.63) is 0 Å². The summed E-state index contributed by atoms with van der Waals surface area (Å²) in [6.07, 6.45) is 4.90. The zero-order valence-electron chi connectivity index (χ0n) is 14.7. The molecule has 0 aromatic carbocycles. The summed E-state index contributed by atoms with van der Waals surface area (Å²) in [5.74, 6) is -2.31. The number of hydrogen-bond donors (Lipinski definition) is 3. The van der Waals surface area contributed by atoms with Crippen molar-refractivity contribution in [1.29, 1.82) is 0 Å². The van der Waals surface area contributed by atoms with Crippen LogP contribution in [0.1, 0.15) is 58.8 Å². The molecule has 0 aliphatic rings. The first-order valence-electron chi connectivity index (χ1n) is 8.27. The fourth-order valence-corrected chi connectivity index (χ4v) is 2.12. The van der Waals surface area contributed by atoms with Crippen molar-refractivity contribution in [1.82, 2.24) is 10.6 Å². The van der Waals surface area contributed by atoms with Gasteiger partial charge in [0.2, 0.25) is 17.7 Å². The Labute approximate surface area is 142 Å². The summed E-state index contributed by atoms with van der Waals surface area (Å²) in [4.78, 5) is 46.5. The Hall–Kier alpha value is -2.12. The number of hydrogen-bond acceptors (Lipinski definition) is 5. The summed E-state index contributed by atoms with van der Waals surface area (Å²) < 4.78 is 4.51. The third-order valence-corrected chi connectivity index (χ3v) is 3.48. The van der Waals surface area contributed by atoms with Crippen LogP contribution in [0, 0.1) is 0 Å². The molecule has 0 saturated carbocycles. The van der Waals surface area contributed by atoms with Crippen LogP contribution in [-0.2, 0) is 23.9 Å². The summed E-state index contributed by atoms with van der Waals surface area (Å²) >= 11 is 0. The smallest absolute Gasteiger partial charge is 0.328 e. The van der Waals surface area contributed by atoms with E-state index in [0.717, 1.165) is 32.1 Å². The third kappa shape index (κ3) is 9.81. The Morgan fingerprint density at radius 2 is 1.67 bits per heavy atom. The van der Waals surface area contributed by atoms with E-state index in [-0.39, 0.29) is 18.7 Å². The van der Waals surface area contributed by atoms with Crippen molar-refractivity contribution >= 4 is 23.7 Å². The Morgan fingerprint density at radius 1 is 1.04 bits per heavy atom. The molecule has 2 unspecified atom stereocenters. The summed E-state index contributed by atoms with van der Waals surface area (Å²) in [5, 5.41) is 4.89. The van der Waals surface area contributed by atoms with Gasteiger partial charge in [-0.25, -0.2) is 4.79 Å². The van der Waals surface area contributed by atoms with Crippen LogP contribution in [0.4, 0.5) is 0 Å². The van der Waals surface area contributed by atoms with Crippen LogP contribution in [0.3, 0.4) is 0 Å². The average molecular weight is 343 g/mol. The Morgan fingerprint density at radius 3 is 2.21 bits per heavy atom. The van der Waals surface area contributed by atoms with Crippen LogP contribution in [0.15, 0.2) is 0 Å². The highest BCUT2D eigenvalue weighted by Crippen LogP contribution is 2.05. The largest absolute Gasteiger partial charge is 0.467 e. The number of carbonyl (C=O) groups excluding carboxylic acids is 4. The second kappa shape index (κ2) is 12.3. The lowest BCUT2D eigenvalue weighted by molar-refractivity contribution is -0.144. The lowest BCUT2D eigenvalue weighted by atomic mass is 10.1. The highest BCUT2D eigenvalue weighted by molar-refractivity contribution is 5.93. The lowest BCUT2D eigenvalue weighted by Crippen LogP contribution is -2.52. The van der Waals surface area contributed by atoms with Crippen LogP contribution in [0.25, 0.3) is 0 Å². The molecule has 24 heavy (non-hydrogen) atoms. The third-order valence-electron chi connectivity index (χ3n) is 3.48. The van der Waals surface area contributed by atoms with Crippen LogP contribution in [-0.4, -0.2) is 42.9 Å². The number of esters is 1. The minimum Gasteiger partial charge on any atom is -0.467 e. The minimum absolute atomic E-state index is 0.277. The number of nitrogens with one attached hydrogen (secondary N) is 2. The maximum absolute atomic E-state index is 12.1. The normalized spacial score (nSPS) is 12.8. The first-order valence-corrected chi connectivity index (χ1v) is 8.27. The number of primary amides is 1. The summed E-state index contributed by atoms with van der Waals surface area (Å²) in [7, 11) is 1.20. The monoisotopic (exact) mass is 343 g/mol. The van der Waals surface area contributed by atoms with Gasteiger partial charge in [-0.1, -0.05) is 32.6 Å². The van der Waals surface area contributed by atoms with Crippen molar-refractivity contribution in [2.45, 2.75) is 70.9 Å². The quantitative estimate of drug-likeness (QED) is 0.349. The molecule has 0 rings (SSSR count). The number of methoxy groups -OCH3 is 1. The van der Waals surface area contributed by atoms with Crippen LogP contribution in [0.5, 0.6) is 0 Å². The van der Waals surface area contributed by atoms with Crippen molar-refractivity contribution in [2.24, 2.45) is 5.73 Å². The SMILES string of the molecule is CCCCCCCC(=O)NC(CC(N)=O)C(=O)NC(C)C(=O)OC. The zero-order valence-corrected chi connectivity index (χ0v) is 14.7. The summed E-state index contributed by atoms with van der Waals surface area (Å²) in [6, 6.07) is -1.98. The van der Waals surface area contributed by atoms with E-state index in [1.165, 1.54) is 14.0 Å². The lowest BCUT2D eigenvalue weighted by Gasteiger charge is -2.19. The van der Waals surface area contributed by atoms with Crippen LogP contribution < -0.4 is 16.4 Å². The van der Waals surface area contributed by atoms with Crippen LogP contribution >= 0.6 is 0 Å². The fraction of sp³-hybridized carbons (Fsp3) is 0.750. The van der Waals surface area contributed by atoms with E-state index in [0.29, 0.717) is 0 Å². The van der Waals surface area contributed by atoms with E-state index in [4.69, 9.17) is 5.73 Å². The molecule has 0 heterocycles. The molecule has 8 nitrogen and oxygen atoms in total. The van der Waals surface area contributed by atoms with E-state index in [2.05, 4.69) is 22.3 Å². The van der Waals surface area contributed by atoms with Gasteiger partial charge in [0.05, 0.1) is 13.5 Å². The second-order valence-corrected chi connectivity index (χ2v) is 5.71. The zero-order chi connectivity index (χ0) is 18.5. The molecule has 8 heteroatoms. The predicted octanol–water partition coefficient (Wildman–Crippen LogP) is 0.385. The Bertz CT molecular complexity index is 439. The first-order chi connectivity index (χ1) is 11.3. The highest BCUT2D eigenvalue weighted by atomic mass is 16.5. The van der Waals surface area contributed by atoms with E-state index >= 15 is 0 Å². The number of amides is 3. The Kier molecular flexibility index (Phi) is 11.2. The van der Waals surface area contributed by atoms with E-state index in [1.54, 1.807) is 0 Å². The van der Waals surface area contributed by atoms with Gasteiger partial charge in [0, 0.05) is 6.42 Å². The van der Waals surface area contributed by atoms with Crippen molar-refractivity contribution in [3.8, 4) is 0 Å². The molecule has 4 N–H and O–H groups in total. The van der Waals surface area contributed by atoms with Gasteiger partial charge >= 0.3 is 5.97 Å². The molecule has 0 fully saturated rings.